The Balaban J connectivity index is 1.66. The van der Waals surface area contributed by atoms with Crippen molar-refractivity contribution in [3.8, 4) is 6.07 Å². The Labute approximate surface area is 168 Å². The van der Waals surface area contributed by atoms with Gasteiger partial charge < -0.3 is 4.90 Å². The number of allylic oxidation sites excluding steroid dienone is 1. The maximum Gasteiger partial charge on any atom is 0.229 e. The van der Waals surface area contributed by atoms with E-state index >= 15 is 0 Å². The van der Waals surface area contributed by atoms with Crippen molar-refractivity contribution in [3.63, 3.8) is 0 Å². The second-order valence-corrected chi connectivity index (χ2v) is 8.12. The predicted molar refractivity (Wildman–Crippen MR) is 109 cm³/mol. The van der Waals surface area contributed by atoms with Crippen LogP contribution in [0.1, 0.15) is 23.5 Å². The topological polar surface area (TPSA) is 47.3 Å². The fourth-order valence-electron chi connectivity index (χ4n) is 3.53. The predicted octanol–water partition coefficient (Wildman–Crippen LogP) is 4.87. The molecule has 1 amide bonds. The summed E-state index contributed by atoms with van der Waals surface area (Å²) in [6.45, 7) is 2.53. The molecule has 0 spiro atoms. The first kappa shape index (κ1) is 18.0. The van der Waals surface area contributed by atoms with Gasteiger partial charge in [-0.1, -0.05) is 47.6 Å². The number of anilines is 1. The number of hydrogen-bond donors (Lipinski definition) is 0. The van der Waals surface area contributed by atoms with Crippen LogP contribution < -0.4 is 4.90 Å². The van der Waals surface area contributed by atoms with Gasteiger partial charge in [0.1, 0.15) is 0 Å². The first-order valence-corrected chi connectivity index (χ1v) is 10.1. The molecule has 0 saturated carbocycles. The Bertz CT molecular complexity index is 964. The van der Waals surface area contributed by atoms with E-state index in [0.29, 0.717) is 29.6 Å². The number of rotatable bonds is 2. The standard InChI is InChI=1S/C21H18ClN3OS/c1-14-3-2-4-17(9-14)24-12-25-20(26)10-18(15-5-7-16(22)8-6-15)19(11-23)21(25)27-13-24/h2-9,18H,10,12-13H2,1H3/t18-/m1/s1. The molecule has 0 N–H and O–H groups in total. The monoisotopic (exact) mass is 395 g/mol. The number of benzene rings is 2. The first-order valence-electron chi connectivity index (χ1n) is 8.71. The Hall–Kier alpha value is -2.42. The Morgan fingerprint density at radius 3 is 2.70 bits per heavy atom. The highest BCUT2D eigenvalue weighted by Crippen LogP contribution is 2.43. The zero-order valence-corrected chi connectivity index (χ0v) is 16.4. The number of amides is 1. The molecular formula is C21H18ClN3OS. The van der Waals surface area contributed by atoms with Crippen LogP contribution in [0, 0.1) is 18.3 Å². The van der Waals surface area contributed by atoms with E-state index in [4.69, 9.17) is 11.6 Å². The van der Waals surface area contributed by atoms with Crippen molar-refractivity contribution < 1.29 is 4.79 Å². The van der Waals surface area contributed by atoms with Crippen LogP contribution in [0.25, 0.3) is 0 Å². The average Bonchev–Trinajstić information content (AvgIpc) is 2.68. The summed E-state index contributed by atoms with van der Waals surface area (Å²) < 4.78 is 0. The van der Waals surface area contributed by atoms with Crippen molar-refractivity contribution in [2.75, 3.05) is 17.4 Å². The van der Waals surface area contributed by atoms with Gasteiger partial charge in [0.05, 0.1) is 29.2 Å². The molecule has 0 unspecified atom stereocenters. The molecule has 1 atom stereocenters. The highest BCUT2D eigenvalue weighted by molar-refractivity contribution is 8.03. The van der Waals surface area contributed by atoms with Gasteiger partial charge in [-0.25, -0.2) is 0 Å². The largest absolute Gasteiger partial charge is 0.344 e. The van der Waals surface area contributed by atoms with Gasteiger partial charge in [-0.05, 0) is 42.3 Å². The van der Waals surface area contributed by atoms with Gasteiger partial charge in [0.15, 0.2) is 0 Å². The number of carbonyl (C=O) groups is 1. The van der Waals surface area contributed by atoms with Crippen molar-refractivity contribution in [2.45, 2.75) is 19.3 Å². The van der Waals surface area contributed by atoms with Crippen LogP contribution in [-0.2, 0) is 4.79 Å². The lowest BCUT2D eigenvalue weighted by atomic mass is 9.86. The van der Waals surface area contributed by atoms with Gasteiger partial charge in [-0.2, -0.15) is 5.26 Å². The van der Waals surface area contributed by atoms with E-state index in [1.165, 1.54) is 5.56 Å². The summed E-state index contributed by atoms with van der Waals surface area (Å²) in [6, 6.07) is 18.0. The molecule has 6 heteroatoms. The summed E-state index contributed by atoms with van der Waals surface area (Å²) in [5, 5.41) is 11.3. The van der Waals surface area contributed by atoms with Gasteiger partial charge in [0.25, 0.3) is 0 Å². The number of hydrogen-bond acceptors (Lipinski definition) is 4. The van der Waals surface area contributed by atoms with Gasteiger partial charge in [0, 0.05) is 23.0 Å². The lowest BCUT2D eigenvalue weighted by molar-refractivity contribution is -0.129. The molecule has 0 bridgehead atoms. The van der Waals surface area contributed by atoms with Crippen molar-refractivity contribution in [1.29, 1.82) is 5.26 Å². The highest BCUT2D eigenvalue weighted by atomic mass is 35.5. The molecule has 27 heavy (non-hydrogen) atoms. The molecule has 2 aromatic carbocycles. The fourth-order valence-corrected chi connectivity index (χ4v) is 4.82. The van der Waals surface area contributed by atoms with E-state index in [1.807, 2.05) is 18.2 Å². The average molecular weight is 396 g/mol. The third-order valence-corrected chi connectivity index (χ3v) is 6.34. The van der Waals surface area contributed by atoms with E-state index < -0.39 is 0 Å². The maximum absolute atomic E-state index is 12.9. The number of halogens is 1. The molecule has 2 heterocycles. The summed E-state index contributed by atoms with van der Waals surface area (Å²) in [6.07, 6.45) is 0.302. The minimum absolute atomic E-state index is 0.0498. The molecule has 2 aliphatic rings. The third-order valence-electron chi connectivity index (χ3n) is 4.93. The Morgan fingerprint density at radius 1 is 1.22 bits per heavy atom. The minimum Gasteiger partial charge on any atom is -0.344 e. The SMILES string of the molecule is Cc1cccc(N2CSC3=C(C#N)[C@@H](c4ccc(Cl)cc4)CC(=O)N3C2)c1. The Morgan fingerprint density at radius 2 is 2.00 bits per heavy atom. The summed E-state index contributed by atoms with van der Waals surface area (Å²) in [7, 11) is 0. The second-order valence-electron chi connectivity index (χ2n) is 6.75. The molecule has 4 rings (SSSR count). The van der Waals surface area contributed by atoms with Gasteiger partial charge in [-0.3, -0.25) is 9.69 Å². The maximum atomic E-state index is 12.9. The van der Waals surface area contributed by atoms with E-state index in [2.05, 4.69) is 36.1 Å². The number of nitrogens with zero attached hydrogens (tertiary/aromatic N) is 3. The molecule has 2 aromatic rings. The number of fused-ring (bicyclic) bond motifs is 1. The van der Waals surface area contributed by atoms with E-state index in [1.54, 1.807) is 28.8 Å². The Kier molecular flexibility index (Phi) is 4.86. The summed E-state index contributed by atoms with van der Waals surface area (Å²) >= 11 is 7.54. The normalized spacial score (nSPS) is 19.7. The van der Waals surface area contributed by atoms with E-state index in [0.717, 1.165) is 16.3 Å². The van der Waals surface area contributed by atoms with Crippen LogP contribution >= 0.6 is 23.4 Å². The van der Waals surface area contributed by atoms with Crippen LogP contribution in [0.2, 0.25) is 5.02 Å². The minimum atomic E-state index is -0.205. The summed E-state index contributed by atoms with van der Waals surface area (Å²) in [4.78, 5) is 16.8. The van der Waals surface area contributed by atoms with E-state index in [9.17, 15) is 10.1 Å². The molecule has 2 aliphatic heterocycles. The molecule has 1 saturated heterocycles. The van der Waals surface area contributed by atoms with Crippen LogP contribution in [0.4, 0.5) is 5.69 Å². The zero-order valence-electron chi connectivity index (χ0n) is 14.9. The molecule has 1 fully saturated rings. The first-order chi connectivity index (χ1) is 13.1. The summed E-state index contributed by atoms with van der Waals surface area (Å²) in [5.74, 6) is 0.555. The van der Waals surface area contributed by atoms with Crippen LogP contribution in [0.3, 0.4) is 0 Å². The molecular weight excluding hydrogens is 378 g/mol. The summed E-state index contributed by atoms with van der Waals surface area (Å²) in [5.41, 5.74) is 3.90. The van der Waals surface area contributed by atoms with E-state index in [-0.39, 0.29) is 11.8 Å². The van der Waals surface area contributed by atoms with Crippen molar-refractivity contribution in [2.24, 2.45) is 0 Å². The zero-order chi connectivity index (χ0) is 19.0. The molecule has 136 valence electrons. The second kappa shape index (κ2) is 7.30. The van der Waals surface area contributed by atoms with Gasteiger partial charge in [-0.15, -0.1) is 0 Å². The number of thioether (sulfide) groups is 1. The van der Waals surface area contributed by atoms with Gasteiger partial charge in [0.2, 0.25) is 5.91 Å². The highest BCUT2D eigenvalue weighted by Gasteiger charge is 2.38. The van der Waals surface area contributed by atoms with Crippen molar-refractivity contribution in [1.82, 2.24) is 4.90 Å². The van der Waals surface area contributed by atoms with Crippen LogP contribution in [-0.4, -0.2) is 23.4 Å². The molecule has 4 nitrogen and oxygen atoms in total. The van der Waals surface area contributed by atoms with Crippen molar-refractivity contribution >= 4 is 35.0 Å². The van der Waals surface area contributed by atoms with Crippen LogP contribution in [0.15, 0.2) is 59.1 Å². The lowest BCUT2D eigenvalue weighted by Gasteiger charge is -2.42. The fraction of sp³-hybridized carbons (Fsp3) is 0.238. The molecule has 0 radical (unpaired) electrons. The number of nitriles is 1. The van der Waals surface area contributed by atoms with Crippen LogP contribution in [0.5, 0.6) is 0 Å². The van der Waals surface area contributed by atoms with Gasteiger partial charge >= 0.3 is 0 Å². The molecule has 0 aliphatic carbocycles. The van der Waals surface area contributed by atoms with Crippen molar-refractivity contribution in [3.05, 3.63) is 75.3 Å². The molecule has 0 aromatic heterocycles. The number of aryl methyl sites for hydroxylation is 1. The lowest BCUT2D eigenvalue weighted by Crippen LogP contribution is -2.47. The smallest absolute Gasteiger partial charge is 0.229 e. The quantitative estimate of drug-likeness (QED) is 0.727. The number of carbonyl (C=O) groups excluding carboxylic acids is 1. The third kappa shape index (κ3) is 3.43.